The third-order valence-corrected chi connectivity index (χ3v) is 2.05. The van der Waals surface area contributed by atoms with Crippen molar-refractivity contribution in [2.24, 2.45) is 0 Å². The number of rotatable bonds is 9. The van der Waals surface area contributed by atoms with Gasteiger partial charge in [-0.15, -0.1) is 6.58 Å². The van der Waals surface area contributed by atoms with Crippen molar-refractivity contribution in [3.05, 3.63) is 12.7 Å². The maximum absolute atomic E-state index is 10.2. The van der Waals surface area contributed by atoms with Crippen LogP contribution in [-0.4, -0.2) is 11.1 Å². The summed E-state index contributed by atoms with van der Waals surface area (Å²) in [6.07, 6.45) is 10.1. The fourth-order valence-corrected chi connectivity index (χ4v) is 1.27. The number of unbranched alkanes of at least 4 members (excludes halogenated alkanes) is 6. The van der Waals surface area contributed by atoms with Crippen LogP contribution in [0.5, 0.6) is 0 Å². The van der Waals surface area contributed by atoms with E-state index in [9.17, 15) is 4.79 Å². The molecule has 2 nitrogen and oxygen atoms in total. The van der Waals surface area contributed by atoms with Crippen molar-refractivity contribution in [3.63, 3.8) is 0 Å². The monoisotopic (exact) mass is 433 g/mol. The van der Waals surface area contributed by atoms with Gasteiger partial charge < -0.3 is 5.11 Å². The molecule has 105 valence electrons. The number of carboxylic acid groups (broad SMARTS) is 1. The molecule has 0 unspecified atom stereocenters. The molecule has 0 rings (SSSR count). The number of halogens is 1. The second kappa shape index (κ2) is 21.3. The summed E-state index contributed by atoms with van der Waals surface area (Å²) in [5, 5.41) is 8.38. The molecule has 16 heavy (non-hydrogen) atoms. The van der Waals surface area contributed by atoms with Crippen LogP contribution >= 0.6 is 9.19 Å². The van der Waals surface area contributed by atoms with Crippen LogP contribution in [-0.2, 0) is 47.2 Å². The SMILES string of the molecule is C=CCCCCCCCCC(=O)O.[Ag].[Cl][Ag]. The first-order valence-corrected chi connectivity index (χ1v) is 7.12. The quantitative estimate of drug-likeness (QED) is 0.337. The Morgan fingerprint density at radius 3 is 2.00 bits per heavy atom. The van der Waals surface area contributed by atoms with E-state index in [2.05, 4.69) is 35.8 Å². The van der Waals surface area contributed by atoms with Crippen molar-refractivity contribution in [1.29, 1.82) is 0 Å². The Labute approximate surface area is 130 Å². The zero-order valence-electron chi connectivity index (χ0n) is 9.28. The van der Waals surface area contributed by atoms with Crippen LogP contribution in [0.4, 0.5) is 0 Å². The van der Waals surface area contributed by atoms with Gasteiger partial charge in [-0.25, -0.2) is 0 Å². The van der Waals surface area contributed by atoms with Crippen molar-refractivity contribution in [3.8, 4) is 0 Å². The number of hydrogen-bond donors (Lipinski definition) is 1. The molecule has 0 aliphatic rings. The van der Waals surface area contributed by atoms with Gasteiger partial charge in [-0.05, 0) is 19.3 Å². The van der Waals surface area contributed by atoms with Crippen molar-refractivity contribution in [2.75, 3.05) is 0 Å². The molecule has 0 aromatic carbocycles. The van der Waals surface area contributed by atoms with Gasteiger partial charge in [0.25, 0.3) is 0 Å². The molecular weight excluding hydrogens is 415 g/mol. The number of aliphatic carboxylic acids is 1. The summed E-state index contributed by atoms with van der Waals surface area (Å²) in [5.74, 6) is -0.674. The number of carboxylic acids is 1. The van der Waals surface area contributed by atoms with Gasteiger partial charge in [0.2, 0.25) is 0 Å². The molecule has 0 spiro atoms. The van der Waals surface area contributed by atoms with Crippen LogP contribution in [0.15, 0.2) is 12.7 Å². The van der Waals surface area contributed by atoms with Gasteiger partial charge >= 0.3 is 35.1 Å². The van der Waals surface area contributed by atoms with Gasteiger partial charge in [-0.2, -0.15) is 0 Å². The normalized spacial score (nSPS) is 8.44. The molecule has 0 atom stereocenters. The third-order valence-electron chi connectivity index (χ3n) is 2.05. The Kier molecular flexibility index (Phi) is 29.5. The van der Waals surface area contributed by atoms with E-state index in [4.69, 9.17) is 5.11 Å². The summed E-state index contributed by atoms with van der Waals surface area (Å²) < 4.78 is 0. The maximum atomic E-state index is 10.2. The van der Waals surface area contributed by atoms with Crippen LogP contribution < -0.4 is 0 Å². The zero-order chi connectivity index (χ0) is 11.9. The van der Waals surface area contributed by atoms with E-state index in [0.29, 0.717) is 6.42 Å². The van der Waals surface area contributed by atoms with Crippen molar-refractivity contribution >= 4 is 15.2 Å². The second-order valence-electron chi connectivity index (χ2n) is 3.34. The zero-order valence-corrected chi connectivity index (χ0v) is 13.0. The predicted molar refractivity (Wildman–Crippen MR) is 60.6 cm³/mol. The first kappa shape index (κ1) is 22.2. The fraction of sp³-hybridized carbons (Fsp3) is 0.727. The van der Waals surface area contributed by atoms with Crippen LogP contribution in [0.2, 0.25) is 0 Å². The van der Waals surface area contributed by atoms with E-state index in [1.165, 1.54) is 25.7 Å². The summed E-state index contributed by atoms with van der Waals surface area (Å²) in [4.78, 5) is 10.2. The first-order valence-electron chi connectivity index (χ1n) is 5.21. The molecule has 0 heterocycles. The number of carbonyl (C=O) groups is 1. The molecule has 0 aliphatic carbocycles. The third kappa shape index (κ3) is 24.3. The Morgan fingerprint density at radius 2 is 1.56 bits per heavy atom. The van der Waals surface area contributed by atoms with Gasteiger partial charge in [-0.3, -0.25) is 4.79 Å². The Hall–Kier alpha value is 0.981. The van der Waals surface area contributed by atoms with E-state index in [0.717, 1.165) is 19.3 Å². The Balaban J connectivity index is -0.000000529. The summed E-state index contributed by atoms with van der Waals surface area (Å²) in [6, 6.07) is 0. The average molecular weight is 435 g/mol. The van der Waals surface area contributed by atoms with E-state index < -0.39 is 5.97 Å². The summed E-state index contributed by atoms with van der Waals surface area (Å²) in [6.45, 7) is 3.66. The molecule has 0 saturated heterocycles. The van der Waals surface area contributed by atoms with Crippen LogP contribution in [0.3, 0.4) is 0 Å². The summed E-state index contributed by atoms with van der Waals surface area (Å²) in [7, 11) is 4.45. The fourth-order valence-electron chi connectivity index (χ4n) is 1.27. The molecule has 0 aliphatic heterocycles. The van der Waals surface area contributed by atoms with Crippen LogP contribution in [0.1, 0.15) is 51.4 Å². The summed E-state index contributed by atoms with van der Waals surface area (Å²) >= 11 is 2.42. The van der Waals surface area contributed by atoms with Gasteiger partial charge in [0.1, 0.15) is 0 Å². The first-order chi connectivity index (χ1) is 7.27. The minimum absolute atomic E-state index is 0. The molecule has 0 saturated carbocycles. The van der Waals surface area contributed by atoms with Crippen LogP contribution in [0, 0.1) is 0 Å². The second-order valence-corrected chi connectivity index (χ2v) is 3.34. The molecule has 1 N–H and O–H groups in total. The Bertz CT molecular complexity index is 155. The van der Waals surface area contributed by atoms with E-state index in [1.54, 1.807) is 0 Å². The van der Waals surface area contributed by atoms with E-state index in [-0.39, 0.29) is 22.4 Å². The van der Waals surface area contributed by atoms with Crippen molar-refractivity contribution in [2.45, 2.75) is 51.4 Å². The number of allylic oxidation sites excluding steroid dienone is 1. The van der Waals surface area contributed by atoms with Crippen molar-refractivity contribution < 1.29 is 52.3 Å². The van der Waals surface area contributed by atoms with E-state index >= 15 is 0 Å². The van der Waals surface area contributed by atoms with E-state index in [1.807, 2.05) is 6.08 Å². The molecular formula is C11H20Ag2ClO2. The van der Waals surface area contributed by atoms with Crippen LogP contribution in [0.25, 0.3) is 0 Å². The van der Waals surface area contributed by atoms with Gasteiger partial charge in [0.05, 0.1) is 0 Å². The summed E-state index contributed by atoms with van der Waals surface area (Å²) in [5.41, 5.74) is 0. The molecule has 0 aromatic heterocycles. The van der Waals surface area contributed by atoms with Gasteiger partial charge in [0, 0.05) is 28.8 Å². The van der Waals surface area contributed by atoms with Crippen molar-refractivity contribution in [1.82, 2.24) is 0 Å². The Morgan fingerprint density at radius 1 is 1.12 bits per heavy atom. The average Bonchev–Trinajstić information content (AvgIpc) is 2.24. The minimum atomic E-state index is -0.674. The molecule has 0 amide bonds. The predicted octanol–water partition coefficient (Wildman–Crippen LogP) is 4.06. The molecule has 5 heteroatoms. The molecule has 0 bridgehead atoms. The van der Waals surface area contributed by atoms with Gasteiger partial charge in [0.15, 0.2) is 0 Å². The number of hydrogen-bond acceptors (Lipinski definition) is 1. The topological polar surface area (TPSA) is 37.3 Å². The standard InChI is InChI=1S/C11H20O2.2Ag.ClH/c1-2-3-4-5-6-7-8-9-10-11(12)13;;;/h2H,1,3-10H2,(H,12,13);;;1H/q;;+1;/p-1. The molecule has 0 aromatic rings. The van der Waals surface area contributed by atoms with Gasteiger partial charge in [-0.1, -0.05) is 31.8 Å². The molecule has 0 fully saturated rings. The molecule has 1 radical (unpaired) electrons.